The molecule has 4 rings (SSSR count). The molecule has 1 aliphatic heterocycles. The Hall–Kier alpha value is -2.26. The molecular formula is C24H30N2O. The van der Waals surface area contributed by atoms with Crippen LogP contribution >= 0.6 is 0 Å². The van der Waals surface area contributed by atoms with E-state index < -0.39 is 0 Å². The van der Waals surface area contributed by atoms with Crippen molar-refractivity contribution in [3.05, 3.63) is 64.3 Å². The van der Waals surface area contributed by atoms with Crippen molar-refractivity contribution in [2.75, 3.05) is 13.2 Å². The Morgan fingerprint density at radius 1 is 1.07 bits per heavy atom. The normalized spacial score (nSPS) is 16.5. The third-order valence-corrected chi connectivity index (χ3v) is 5.63. The van der Waals surface area contributed by atoms with Gasteiger partial charge in [-0.15, -0.1) is 0 Å². The van der Waals surface area contributed by atoms with Crippen LogP contribution in [0.3, 0.4) is 0 Å². The van der Waals surface area contributed by atoms with Gasteiger partial charge >= 0.3 is 0 Å². The van der Waals surface area contributed by atoms with E-state index in [0.29, 0.717) is 0 Å². The number of fused-ring (bicyclic) bond motifs is 3. The summed E-state index contributed by atoms with van der Waals surface area (Å²) in [5.74, 6) is 0.967. The molecule has 1 unspecified atom stereocenters. The lowest BCUT2D eigenvalue weighted by atomic mass is 9.93. The Labute approximate surface area is 162 Å². The van der Waals surface area contributed by atoms with E-state index in [2.05, 4.69) is 67.5 Å². The Morgan fingerprint density at radius 2 is 1.89 bits per heavy atom. The zero-order valence-corrected chi connectivity index (χ0v) is 16.7. The zero-order chi connectivity index (χ0) is 18.8. The number of hydrogen-bond acceptors (Lipinski definition) is 2. The van der Waals surface area contributed by atoms with Crippen molar-refractivity contribution in [1.82, 2.24) is 10.3 Å². The molecule has 1 atom stereocenters. The van der Waals surface area contributed by atoms with Crippen LogP contribution in [0, 0.1) is 13.8 Å². The van der Waals surface area contributed by atoms with Crippen LogP contribution in [-0.4, -0.2) is 18.1 Å². The lowest BCUT2D eigenvalue weighted by Gasteiger charge is -2.25. The standard InChI is InChI=1S/C24H30N2O/c1-4-5-6-13-27-19-9-7-18(8-10-19)23-24-20(11-12-25-23)21-15-16(2)14-17(3)22(21)26-24/h7-10,14-15,23,25-26H,4-6,11-13H2,1-3H3. The Morgan fingerprint density at radius 3 is 2.67 bits per heavy atom. The van der Waals surface area contributed by atoms with Gasteiger partial charge in [-0.3, -0.25) is 0 Å². The molecule has 3 nitrogen and oxygen atoms in total. The summed E-state index contributed by atoms with van der Waals surface area (Å²) in [6.45, 7) is 8.41. The number of aromatic nitrogens is 1. The van der Waals surface area contributed by atoms with Crippen molar-refractivity contribution >= 4 is 10.9 Å². The summed E-state index contributed by atoms with van der Waals surface area (Å²) in [4.78, 5) is 3.73. The fourth-order valence-electron chi connectivity index (χ4n) is 4.27. The van der Waals surface area contributed by atoms with E-state index in [-0.39, 0.29) is 6.04 Å². The Kier molecular flexibility index (Phi) is 5.22. The van der Waals surface area contributed by atoms with E-state index in [1.165, 1.54) is 51.7 Å². The smallest absolute Gasteiger partial charge is 0.119 e. The Bertz CT molecular complexity index is 924. The molecule has 0 fully saturated rings. The molecule has 0 bridgehead atoms. The van der Waals surface area contributed by atoms with Crippen molar-refractivity contribution in [1.29, 1.82) is 0 Å². The summed E-state index contributed by atoms with van der Waals surface area (Å²) in [7, 11) is 0. The van der Waals surface area contributed by atoms with Crippen LogP contribution in [0.4, 0.5) is 0 Å². The van der Waals surface area contributed by atoms with Crippen LogP contribution in [0.1, 0.15) is 60.2 Å². The SMILES string of the molecule is CCCCCOc1ccc(C2NCCc3c2[nH]c2c(C)cc(C)cc32)cc1. The molecule has 2 heterocycles. The molecule has 1 aromatic heterocycles. The summed E-state index contributed by atoms with van der Waals surface area (Å²) < 4.78 is 5.87. The first-order chi connectivity index (χ1) is 13.2. The van der Waals surface area contributed by atoms with Gasteiger partial charge in [0.25, 0.3) is 0 Å². The molecule has 0 amide bonds. The molecule has 0 aliphatic carbocycles. The average Bonchev–Trinajstić information content (AvgIpc) is 3.05. The number of rotatable bonds is 6. The minimum absolute atomic E-state index is 0.218. The maximum atomic E-state index is 5.87. The van der Waals surface area contributed by atoms with Crippen LogP contribution < -0.4 is 10.1 Å². The van der Waals surface area contributed by atoms with Crippen LogP contribution in [0.2, 0.25) is 0 Å². The molecule has 2 N–H and O–H groups in total. The van der Waals surface area contributed by atoms with Crippen LogP contribution in [0.25, 0.3) is 10.9 Å². The van der Waals surface area contributed by atoms with Gasteiger partial charge in [-0.2, -0.15) is 0 Å². The first-order valence-corrected chi connectivity index (χ1v) is 10.2. The summed E-state index contributed by atoms with van der Waals surface area (Å²) in [6.07, 6.45) is 4.65. The van der Waals surface area contributed by atoms with E-state index in [0.717, 1.165) is 31.7 Å². The van der Waals surface area contributed by atoms with Gasteiger partial charge in [0.05, 0.1) is 12.6 Å². The summed E-state index contributed by atoms with van der Waals surface area (Å²) >= 11 is 0. The topological polar surface area (TPSA) is 37.0 Å². The molecule has 0 spiro atoms. The van der Waals surface area contributed by atoms with Crippen molar-refractivity contribution < 1.29 is 4.74 Å². The van der Waals surface area contributed by atoms with Crippen molar-refractivity contribution in [2.24, 2.45) is 0 Å². The van der Waals surface area contributed by atoms with E-state index >= 15 is 0 Å². The summed E-state index contributed by atoms with van der Waals surface area (Å²) in [5, 5.41) is 5.09. The molecule has 2 aromatic carbocycles. The number of hydrogen-bond donors (Lipinski definition) is 2. The molecule has 3 aromatic rings. The number of benzene rings is 2. The minimum atomic E-state index is 0.218. The quantitative estimate of drug-likeness (QED) is 0.561. The van der Waals surface area contributed by atoms with Gasteiger partial charge in [-0.05, 0) is 61.6 Å². The van der Waals surface area contributed by atoms with Crippen LogP contribution in [0.15, 0.2) is 36.4 Å². The minimum Gasteiger partial charge on any atom is -0.494 e. The fraction of sp³-hybridized carbons (Fsp3) is 0.417. The van der Waals surface area contributed by atoms with E-state index in [9.17, 15) is 0 Å². The molecule has 0 saturated carbocycles. The number of aryl methyl sites for hydroxylation is 2. The number of H-pyrrole nitrogens is 1. The third-order valence-electron chi connectivity index (χ3n) is 5.63. The molecule has 27 heavy (non-hydrogen) atoms. The molecule has 142 valence electrons. The van der Waals surface area contributed by atoms with Gasteiger partial charge < -0.3 is 15.0 Å². The molecular weight excluding hydrogens is 332 g/mol. The molecule has 0 radical (unpaired) electrons. The summed E-state index contributed by atoms with van der Waals surface area (Å²) in [5.41, 5.74) is 8.03. The fourth-order valence-corrected chi connectivity index (χ4v) is 4.27. The maximum absolute atomic E-state index is 5.87. The number of ether oxygens (including phenoxy) is 1. The van der Waals surface area contributed by atoms with E-state index in [4.69, 9.17) is 4.74 Å². The van der Waals surface area contributed by atoms with Gasteiger partial charge in [0.2, 0.25) is 0 Å². The maximum Gasteiger partial charge on any atom is 0.119 e. The first-order valence-electron chi connectivity index (χ1n) is 10.2. The second-order valence-corrected chi connectivity index (χ2v) is 7.78. The van der Waals surface area contributed by atoms with Crippen LogP contribution in [0.5, 0.6) is 5.75 Å². The van der Waals surface area contributed by atoms with Crippen molar-refractivity contribution in [2.45, 2.75) is 52.5 Å². The average molecular weight is 363 g/mol. The second-order valence-electron chi connectivity index (χ2n) is 7.78. The highest BCUT2D eigenvalue weighted by molar-refractivity contribution is 5.88. The monoisotopic (exact) mass is 362 g/mol. The predicted octanol–water partition coefficient (Wildman–Crippen LogP) is 5.59. The highest BCUT2D eigenvalue weighted by Crippen LogP contribution is 2.35. The largest absolute Gasteiger partial charge is 0.494 e. The van der Waals surface area contributed by atoms with Crippen molar-refractivity contribution in [3.8, 4) is 5.75 Å². The molecule has 1 aliphatic rings. The van der Waals surface area contributed by atoms with Gasteiger partial charge in [0.15, 0.2) is 0 Å². The van der Waals surface area contributed by atoms with Crippen LogP contribution in [-0.2, 0) is 6.42 Å². The number of nitrogens with one attached hydrogen (secondary N) is 2. The molecule has 0 saturated heterocycles. The molecule has 3 heteroatoms. The number of aromatic amines is 1. The Balaban J connectivity index is 1.60. The van der Waals surface area contributed by atoms with E-state index in [1.807, 2.05) is 0 Å². The van der Waals surface area contributed by atoms with E-state index in [1.54, 1.807) is 0 Å². The van der Waals surface area contributed by atoms with Gasteiger partial charge in [-0.25, -0.2) is 0 Å². The zero-order valence-electron chi connectivity index (χ0n) is 16.7. The highest BCUT2D eigenvalue weighted by Gasteiger charge is 2.25. The third kappa shape index (κ3) is 3.61. The second kappa shape index (κ2) is 7.77. The van der Waals surface area contributed by atoms with Gasteiger partial charge in [0, 0.05) is 23.1 Å². The summed E-state index contributed by atoms with van der Waals surface area (Å²) in [6, 6.07) is 13.4. The van der Waals surface area contributed by atoms with Crippen molar-refractivity contribution in [3.63, 3.8) is 0 Å². The van der Waals surface area contributed by atoms with Gasteiger partial charge in [-0.1, -0.05) is 43.5 Å². The first kappa shape index (κ1) is 18.1. The van der Waals surface area contributed by atoms with Gasteiger partial charge in [0.1, 0.15) is 5.75 Å². The lowest BCUT2D eigenvalue weighted by Crippen LogP contribution is -2.30. The lowest BCUT2D eigenvalue weighted by molar-refractivity contribution is 0.306. The predicted molar refractivity (Wildman–Crippen MR) is 113 cm³/mol. The highest BCUT2D eigenvalue weighted by atomic mass is 16.5. The number of unbranched alkanes of at least 4 members (excludes halogenated alkanes) is 2.